The van der Waals surface area contributed by atoms with E-state index in [4.69, 9.17) is 19.3 Å². The summed E-state index contributed by atoms with van der Waals surface area (Å²) >= 11 is 0. The molecule has 0 aromatic carbocycles. The van der Waals surface area contributed by atoms with E-state index in [1.807, 2.05) is 0 Å². The number of aliphatic hydroxyl groups is 1. The Kier molecular flexibility index (Phi) is 15.8. The van der Waals surface area contributed by atoms with Gasteiger partial charge < -0.3 is 19.3 Å². The smallest absolute Gasteiger partial charge is 0.0701 e. The zero-order valence-corrected chi connectivity index (χ0v) is 12.7. The molecule has 1 atom stereocenters. The molecule has 0 aromatic rings. The Hall–Kier alpha value is -0.160. The molecule has 0 bridgehead atoms. The van der Waals surface area contributed by atoms with Gasteiger partial charge in [-0.15, -0.1) is 0 Å². The van der Waals surface area contributed by atoms with E-state index in [1.54, 1.807) is 0 Å². The minimum absolute atomic E-state index is 0.0690. The highest BCUT2D eigenvalue weighted by molar-refractivity contribution is 4.56. The highest BCUT2D eigenvalue weighted by Gasteiger charge is 2.05. The van der Waals surface area contributed by atoms with Crippen LogP contribution < -0.4 is 0 Å². The van der Waals surface area contributed by atoms with Crippen molar-refractivity contribution in [3.8, 4) is 0 Å². The molecule has 0 aliphatic rings. The zero-order valence-electron chi connectivity index (χ0n) is 12.7. The quantitative estimate of drug-likeness (QED) is 0.467. The van der Waals surface area contributed by atoms with Gasteiger partial charge in [-0.3, -0.25) is 0 Å². The molecular weight excluding hydrogens is 244 g/mol. The lowest BCUT2D eigenvalue weighted by molar-refractivity contribution is 0.000944. The van der Waals surface area contributed by atoms with Gasteiger partial charge in [-0.2, -0.15) is 0 Å². The van der Waals surface area contributed by atoms with Crippen LogP contribution in [-0.4, -0.2) is 51.4 Å². The molecule has 0 aromatic heterocycles. The molecule has 0 spiro atoms. The minimum Gasteiger partial charge on any atom is -0.394 e. The standard InChI is InChI=1S/C15H32O4/c1-3-5-6-7-15(4-2)14-19-13-12-18-11-10-17-9-8-16/h15-16H,3-14H2,1-2H3. The monoisotopic (exact) mass is 276 g/mol. The molecule has 0 rings (SSSR count). The molecule has 0 radical (unpaired) electrons. The highest BCUT2D eigenvalue weighted by atomic mass is 16.5. The maximum atomic E-state index is 8.51. The first-order chi connectivity index (χ1) is 9.35. The summed E-state index contributed by atoms with van der Waals surface area (Å²) in [4.78, 5) is 0. The Balaban J connectivity index is 3.21. The SMILES string of the molecule is CCCCCC(CC)COCCOCCOCCO. The van der Waals surface area contributed by atoms with E-state index in [9.17, 15) is 0 Å². The summed E-state index contributed by atoms with van der Waals surface area (Å²) in [5.74, 6) is 0.694. The van der Waals surface area contributed by atoms with Gasteiger partial charge in [0.2, 0.25) is 0 Å². The van der Waals surface area contributed by atoms with Crippen molar-refractivity contribution < 1.29 is 19.3 Å². The number of hydrogen-bond donors (Lipinski definition) is 1. The van der Waals surface area contributed by atoms with Crippen molar-refractivity contribution in [3.05, 3.63) is 0 Å². The van der Waals surface area contributed by atoms with Gasteiger partial charge in [0, 0.05) is 6.61 Å². The Morgan fingerprint density at radius 1 is 0.842 bits per heavy atom. The van der Waals surface area contributed by atoms with Crippen LogP contribution in [0.25, 0.3) is 0 Å². The number of ether oxygens (including phenoxy) is 3. The topological polar surface area (TPSA) is 47.9 Å². The summed E-state index contributed by atoms with van der Waals surface area (Å²) in [5.41, 5.74) is 0. The lowest BCUT2D eigenvalue weighted by Crippen LogP contribution is -2.14. The largest absolute Gasteiger partial charge is 0.394 e. The predicted octanol–water partition coefficient (Wildman–Crippen LogP) is 2.64. The summed E-state index contributed by atoms with van der Waals surface area (Å²) < 4.78 is 16.1. The summed E-state index contributed by atoms with van der Waals surface area (Å²) in [6.07, 6.45) is 6.40. The molecule has 0 fully saturated rings. The third-order valence-electron chi connectivity index (χ3n) is 3.13. The second-order valence-electron chi connectivity index (χ2n) is 4.79. The molecule has 1 unspecified atom stereocenters. The van der Waals surface area contributed by atoms with E-state index < -0.39 is 0 Å². The average molecular weight is 276 g/mol. The molecular formula is C15H32O4. The molecule has 4 heteroatoms. The maximum Gasteiger partial charge on any atom is 0.0701 e. The first-order valence-electron chi connectivity index (χ1n) is 7.69. The molecule has 0 saturated heterocycles. The van der Waals surface area contributed by atoms with E-state index >= 15 is 0 Å². The van der Waals surface area contributed by atoms with Gasteiger partial charge in [0.15, 0.2) is 0 Å². The van der Waals surface area contributed by atoms with Crippen molar-refractivity contribution in [3.63, 3.8) is 0 Å². The van der Waals surface area contributed by atoms with E-state index in [1.165, 1.54) is 32.1 Å². The minimum atomic E-state index is 0.0690. The van der Waals surface area contributed by atoms with Crippen molar-refractivity contribution >= 4 is 0 Å². The Bertz CT molecular complexity index is 164. The summed E-state index contributed by atoms with van der Waals surface area (Å²) in [6, 6.07) is 0. The summed E-state index contributed by atoms with van der Waals surface area (Å²) in [6.45, 7) is 8.15. The lowest BCUT2D eigenvalue weighted by atomic mass is 10.00. The highest BCUT2D eigenvalue weighted by Crippen LogP contribution is 2.13. The van der Waals surface area contributed by atoms with Crippen LogP contribution in [0.15, 0.2) is 0 Å². The summed E-state index contributed by atoms with van der Waals surface area (Å²) in [7, 11) is 0. The van der Waals surface area contributed by atoms with Gasteiger partial charge in [-0.1, -0.05) is 39.5 Å². The van der Waals surface area contributed by atoms with E-state index in [-0.39, 0.29) is 6.61 Å². The van der Waals surface area contributed by atoms with Crippen LogP contribution in [0.5, 0.6) is 0 Å². The van der Waals surface area contributed by atoms with Crippen molar-refractivity contribution in [1.29, 1.82) is 0 Å². The van der Waals surface area contributed by atoms with Gasteiger partial charge >= 0.3 is 0 Å². The molecule has 1 N–H and O–H groups in total. The van der Waals surface area contributed by atoms with Crippen molar-refractivity contribution in [1.82, 2.24) is 0 Å². The zero-order chi connectivity index (χ0) is 14.2. The van der Waals surface area contributed by atoms with Crippen LogP contribution >= 0.6 is 0 Å². The van der Waals surface area contributed by atoms with Crippen LogP contribution in [0.1, 0.15) is 46.0 Å². The summed E-state index contributed by atoms with van der Waals surface area (Å²) in [5, 5.41) is 8.51. The molecule has 0 aliphatic carbocycles. The van der Waals surface area contributed by atoms with Gasteiger partial charge in [-0.25, -0.2) is 0 Å². The van der Waals surface area contributed by atoms with Crippen LogP contribution in [0.2, 0.25) is 0 Å². The molecule has 0 aliphatic heterocycles. The normalized spacial score (nSPS) is 12.8. The lowest BCUT2D eigenvalue weighted by Gasteiger charge is -2.15. The third kappa shape index (κ3) is 14.1. The number of hydrogen-bond acceptors (Lipinski definition) is 4. The average Bonchev–Trinajstić information content (AvgIpc) is 2.43. The first-order valence-corrected chi connectivity index (χ1v) is 7.69. The fourth-order valence-corrected chi connectivity index (χ4v) is 1.84. The van der Waals surface area contributed by atoms with E-state index in [0.29, 0.717) is 39.0 Å². The van der Waals surface area contributed by atoms with Crippen LogP contribution in [0, 0.1) is 5.92 Å². The molecule has 0 heterocycles. The number of rotatable bonds is 15. The van der Waals surface area contributed by atoms with Crippen molar-refractivity contribution in [2.24, 2.45) is 5.92 Å². The maximum absolute atomic E-state index is 8.51. The molecule has 0 amide bonds. The predicted molar refractivity (Wildman–Crippen MR) is 77.5 cm³/mol. The second-order valence-corrected chi connectivity index (χ2v) is 4.79. The molecule has 4 nitrogen and oxygen atoms in total. The van der Waals surface area contributed by atoms with Crippen LogP contribution in [-0.2, 0) is 14.2 Å². The molecule has 19 heavy (non-hydrogen) atoms. The Morgan fingerprint density at radius 2 is 1.47 bits per heavy atom. The van der Waals surface area contributed by atoms with Gasteiger partial charge in [0.25, 0.3) is 0 Å². The second kappa shape index (κ2) is 15.9. The Morgan fingerprint density at radius 3 is 2.05 bits per heavy atom. The van der Waals surface area contributed by atoms with Crippen molar-refractivity contribution in [2.75, 3.05) is 46.2 Å². The van der Waals surface area contributed by atoms with Crippen LogP contribution in [0.4, 0.5) is 0 Å². The van der Waals surface area contributed by atoms with E-state index in [2.05, 4.69) is 13.8 Å². The van der Waals surface area contributed by atoms with Gasteiger partial charge in [0.05, 0.1) is 39.6 Å². The molecule has 0 saturated carbocycles. The van der Waals surface area contributed by atoms with Gasteiger partial charge in [0.1, 0.15) is 0 Å². The van der Waals surface area contributed by atoms with E-state index in [0.717, 1.165) is 6.61 Å². The van der Waals surface area contributed by atoms with Crippen LogP contribution in [0.3, 0.4) is 0 Å². The number of unbranched alkanes of at least 4 members (excludes halogenated alkanes) is 2. The van der Waals surface area contributed by atoms with Gasteiger partial charge in [-0.05, 0) is 12.3 Å². The number of aliphatic hydroxyl groups excluding tert-OH is 1. The molecule has 116 valence electrons. The Labute approximate surface area is 118 Å². The first kappa shape index (κ1) is 18.8. The third-order valence-corrected chi connectivity index (χ3v) is 3.13. The fourth-order valence-electron chi connectivity index (χ4n) is 1.84. The van der Waals surface area contributed by atoms with Crippen molar-refractivity contribution in [2.45, 2.75) is 46.0 Å². The fraction of sp³-hybridized carbons (Fsp3) is 1.00.